The van der Waals surface area contributed by atoms with Gasteiger partial charge in [0.25, 0.3) is 5.91 Å². The largest absolute Gasteiger partial charge is 0.459 e. The Hall–Kier alpha value is -2.35. The van der Waals surface area contributed by atoms with Crippen LogP contribution in [0.4, 0.5) is 0 Å². The third-order valence-corrected chi connectivity index (χ3v) is 6.70. The van der Waals surface area contributed by atoms with Gasteiger partial charge in [-0.15, -0.1) is 0 Å². The number of likely N-dealkylation sites (tertiary alicyclic amines) is 2. The average molecular weight is 461 g/mol. The SMILES string of the molecule is Cc1[nH]c(C(=O)N2CCC[C@H](C(=O)NCCN3CCCCCC3)C2)c(C)c1C(=O)OC(C)C. The van der Waals surface area contributed by atoms with Crippen molar-refractivity contribution in [2.24, 2.45) is 5.92 Å². The van der Waals surface area contributed by atoms with Gasteiger partial charge in [0.2, 0.25) is 5.91 Å². The summed E-state index contributed by atoms with van der Waals surface area (Å²) in [7, 11) is 0. The van der Waals surface area contributed by atoms with Crippen molar-refractivity contribution in [3.63, 3.8) is 0 Å². The number of aromatic amines is 1. The smallest absolute Gasteiger partial charge is 0.340 e. The van der Waals surface area contributed by atoms with Gasteiger partial charge in [0.1, 0.15) is 5.69 Å². The molecule has 2 amide bonds. The number of esters is 1. The third-order valence-electron chi connectivity index (χ3n) is 6.70. The Morgan fingerprint density at radius 2 is 1.76 bits per heavy atom. The van der Waals surface area contributed by atoms with E-state index in [0.717, 1.165) is 32.5 Å². The van der Waals surface area contributed by atoms with Crippen LogP contribution in [0, 0.1) is 19.8 Å². The molecule has 0 saturated carbocycles. The summed E-state index contributed by atoms with van der Waals surface area (Å²) >= 11 is 0. The Bertz CT molecular complexity index is 840. The number of hydrogen-bond donors (Lipinski definition) is 2. The van der Waals surface area contributed by atoms with Crippen LogP contribution in [0.2, 0.25) is 0 Å². The molecule has 1 atom stereocenters. The van der Waals surface area contributed by atoms with Crippen LogP contribution in [0.15, 0.2) is 0 Å². The van der Waals surface area contributed by atoms with Gasteiger partial charge in [0, 0.05) is 31.9 Å². The normalized spacial score (nSPS) is 19.9. The van der Waals surface area contributed by atoms with Gasteiger partial charge in [0.05, 0.1) is 17.6 Å². The minimum Gasteiger partial charge on any atom is -0.459 e. The molecule has 3 heterocycles. The molecule has 3 rings (SSSR count). The van der Waals surface area contributed by atoms with Crippen molar-refractivity contribution >= 4 is 17.8 Å². The summed E-state index contributed by atoms with van der Waals surface area (Å²) in [5, 5.41) is 3.09. The van der Waals surface area contributed by atoms with Crippen LogP contribution >= 0.6 is 0 Å². The zero-order valence-corrected chi connectivity index (χ0v) is 20.7. The van der Waals surface area contributed by atoms with Gasteiger partial charge >= 0.3 is 5.97 Å². The summed E-state index contributed by atoms with van der Waals surface area (Å²) in [5.74, 6) is -0.756. The van der Waals surface area contributed by atoms with Gasteiger partial charge in [-0.3, -0.25) is 9.59 Å². The van der Waals surface area contributed by atoms with Gasteiger partial charge in [-0.05, 0) is 72.0 Å². The van der Waals surface area contributed by atoms with Crippen LogP contribution < -0.4 is 5.32 Å². The predicted octanol–water partition coefficient (Wildman–Crippen LogP) is 3.04. The number of aryl methyl sites for hydroxylation is 1. The van der Waals surface area contributed by atoms with Crippen LogP contribution in [0.3, 0.4) is 0 Å². The second kappa shape index (κ2) is 11.7. The molecule has 184 valence electrons. The Morgan fingerprint density at radius 1 is 1.06 bits per heavy atom. The molecular formula is C25H40N4O4. The molecule has 0 spiro atoms. The van der Waals surface area contributed by atoms with Gasteiger partial charge in [-0.1, -0.05) is 12.8 Å². The number of nitrogens with zero attached hydrogens (tertiary/aromatic N) is 2. The summed E-state index contributed by atoms with van der Waals surface area (Å²) in [6.07, 6.45) is 6.42. The number of aromatic nitrogens is 1. The number of piperidine rings is 1. The molecule has 2 N–H and O–H groups in total. The van der Waals surface area contributed by atoms with Crippen molar-refractivity contribution in [2.45, 2.75) is 72.3 Å². The van der Waals surface area contributed by atoms with Crippen LogP contribution in [-0.2, 0) is 9.53 Å². The topological polar surface area (TPSA) is 94.7 Å². The maximum absolute atomic E-state index is 13.3. The van der Waals surface area contributed by atoms with Gasteiger partial charge < -0.3 is 24.8 Å². The number of H-pyrrole nitrogens is 1. The first-order valence-electron chi connectivity index (χ1n) is 12.5. The molecule has 2 aliphatic rings. The Kier molecular flexibility index (Phi) is 8.95. The molecule has 2 fully saturated rings. The fourth-order valence-corrected chi connectivity index (χ4v) is 4.92. The van der Waals surface area contributed by atoms with E-state index in [1.807, 2.05) is 0 Å². The van der Waals surface area contributed by atoms with E-state index in [-0.39, 0.29) is 23.8 Å². The lowest BCUT2D eigenvalue weighted by Crippen LogP contribution is -2.46. The highest BCUT2D eigenvalue weighted by Gasteiger charge is 2.32. The van der Waals surface area contributed by atoms with Crippen molar-refractivity contribution in [1.82, 2.24) is 20.1 Å². The van der Waals surface area contributed by atoms with E-state index in [0.29, 0.717) is 42.1 Å². The lowest BCUT2D eigenvalue weighted by Gasteiger charge is -2.32. The number of rotatable bonds is 7. The lowest BCUT2D eigenvalue weighted by atomic mass is 9.96. The molecule has 1 aromatic heterocycles. The third kappa shape index (κ3) is 6.59. The van der Waals surface area contributed by atoms with E-state index in [9.17, 15) is 14.4 Å². The Labute approximate surface area is 197 Å². The quantitative estimate of drug-likeness (QED) is 0.610. The monoisotopic (exact) mass is 460 g/mol. The Balaban J connectivity index is 1.56. The van der Waals surface area contributed by atoms with Crippen molar-refractivity contribution in [3.05, 3.63) is 22.5 Å². The average Bonchev–Trinajstić information content (AvgIpc) is 2.93. The van der Waals surface area contributed by atoms with Crippen LogP contribution in [0.5, 0.6) is 0 Å². The minimum atomic E-state index is -0.421. The van der Waals surface area contributed by atoms with E-state index in [1.165, 1.54) is 25.7 Å². The summed E-state index contributed by atoms with van der Waals surface area (Å²) in [6, 6.07) is 0. The van der Waals surface area contributed by atoms with E-state index in [4.69, 9.17) is 4.74 Å². The number of ether oxygens (including phenoxy) is 1. The molecule has 2 aliphatic heterocycles. The van der Waals surface area contributed by atoms with Crippen molar-refractivity contribution in [3.8, 4) is 0 Å². The molecule has 2 saturated heterocycles. The molecule has 0 aromatic carbocycles. The lowest BCUT2D eigenvalue weighted by molar-refractivity contribution is -0.126. The van der Waals surface area contributed by atoms with Crippen LogP contribution in [0.1, 0.15) is 84.5 Å². The molecule has 8 nitrogen and oxygen atoms in total. The molecule has 33 heavy (non-hydrogen) atoms. The predicted molar refractivity (Wildman–Crippen MR) is 127 cm³/mol. The summed E-state index contributed by atoms with van der Waals surface area (Å²) in [6.45, 7) is 11.9. The molecular weight excluding hydrogens is 420 g/mol. The van der Waals surface area contributed by atoms with Crippen molar-refractivity contribution in [1.29, 1.82) is 0 Å². The summed E-state index contributed by atoms with van der Waals surface area (Å²) < 4.78 is 5.33. The van der Waals surface area contributed by atoms with Gasteiger partial charge in [0.15, 0.2) is 0 Å². The van der Waals surface area contributed by atoms with E-state index < -0.39 is 5.97 Å². The first-order valence-corrected chi connectivity index (χ1v) is 12.5. The van der Waals surface area contributed by atoms with Gasteiger partial charge in [-0.25, -0.2) is 4.79 Å². The van der Waals surface area contributed by atoms with E-state index >= 15 is 0 Å². The molecule has 1 aromatic rings. The van der Waals surface area contributed by atoms with Gasteiger partial charge in [-0.2, -0.15) is 0 Å². The zero-order chi connectivity index (χ0) is 24.0. The van der Waals surface area contributed by atoms with Crippen LogP contribution in [-0.4, -0.2) is 77.9 Å². The maximum Gasteiger partial charge on any atom is 0.340 e. The molecule has 0 bridgehead atoms. The van der Waals surface area contributed by atoms with Crippen LogP contribution in [0.25, 0.3) is 0 Å². The molecule has 8 heteroatoms. The first kappa shape index (κ1) is 25.3. The fraction of sp³-hybridized carbons (Fsp3) is 0.720. The molecule has 0 aliphatic carbocycles. The second-order valence-electron chi connectivity index (χ2n) is 9.72. The standard InChI is InChI=1S/C25H40N4O4/c1-17(2)33-25(32)21-18(3)22(27-19(21)4)24(31)29-14-9-10-20(16-29)23(30)26-11-15-28-12-7-5-6-8-13-28/h17,20,27H,5-16H2,1-4H3,(H,26,30)/t20-/m0/s1. The molecule has 0 radical (unpaired) electrons. The summed E-state index contributed by atoms with van der Waals surface area (Å²) in [5.41, 5.74) is 2.06. The van der Waals surface area contributed by atoms with Crippen molar-refractivity contribution in [2.75, 3.05) is 39.3 Å². The number of carbonyl (C=O) groups excluding carboxylic acids is 3. The second-order valence-corrected chi connectivity index (χ2v) is 9.72. The number of amides is 2. The summed E-state index contributed by atoms with van der Waals surface area (Å²) in [4.78, 5) is 45.8. The highest BCUT2D eigenvalue weighted by molar-refractivity contribution is 6.00. The minimum absolute atomic E-state index is 0.0305. The molecule has 0 unspecified atom stereocenters. The number of nitrogens with one attached hydrogen (secondary N) is 2. The fourth-order valence-electron chi connectivity index (χ4n) is 4.92. The van der Waals surface area contributed by atoms with E-state index in [1.54, 1.807) is 32.6 Å². The zero-order valence-electron chi connectivity index (χ0n) is 20.7. The number of hydrogen-bond acceptors (Lipinski definition) is 5. The highest BCUT2D eigenvalue weighted by Crippen LogP contribution is 2.24. The maximum atomic E-state index is 13.3. The highest BCUT2D eigenvalue weighted by atomic mass is 16.5. The van der Waals surface area contributed by atoms with E-state index in [2.05, 4.69) is 15.2 Å². The Morgan fingerprint density at radius 3 is 2.42 bits per heavy atom. The number of carbonyl (C=O) groups is 3. The first-order chi connectivity index (χ1) is 15.8. The van der Waals surface area contributed by atoms with Crippen molar-refractivity contribution < 1.29 is 19.1 Å².